The average Bonchev–Trinajstić information content (AvgIpc) is 3.15. The second-order valence-corrected chi connectivity index (χ2v) is 12.4. The first-order chi connectivity index (χ1) is 25.2. The summed E-state index contributed by atoms with van der Waals surface area (Å²) >= 11 is 0. The van der Waals surface area contributed by atoms with Crippen LogP contribution in [0.25, 0.3) is 0 Å². The lowest BCUT2D eigenvalue weighted by Crippen LogP contribution is -2.32. The molecule has 11 heteroatoms. The van der Waals surface area contributed by atoms with Gasteiger partial charge in [0, 0.05) is 43.0 Å². The number of nitro groups is 1. The maximum Gasteiger partial charge on any atom is 0.336 e. The molecular formula is C41H42N2O9. The van der Waals surface area contributed by atoms with Crippen molar-refractivity contribution < 1.29 is 38.6 Å². The Bertz CT molecular complexity index is 1940. The number of nitrogens with one attached hydrogen (secondary N) is 1. The summed E-state index contributed by atoms with van der Waals surface area (Å²) < 4.78 is 23.0. The van der Waals surface area contributed by atoms with Gasteiger partial charge in [0.1, 0.15) is 5.75 Å². The fourth-order valence-electron chi connectivity index (χ4n) is 6.19. The van der Waals surface area contributed by atoms with Crippen LogP contribution >= 0.6 is 0 Å². The van der Waals surface area contributed by atoms with Crippen LogP contribution in [-0.4, -0.2) is 42.3 Å². The van der Waals surface area contributed by atoms with E-state index in [4.69, 9.17) is 18.9 Å². The van der Waals surface area contributed by atoms with Crippen molar-refractivity contribution in [3.8, 4) is 5.75 Å². The average molecular weight is 707 g/mol. The number of phenols is 1. The maximum absolute atomic E-state index is 13.7. The molecule has 2 unspecified atom stereocenters. The Balaban J connectivity index is 1.27. The van der Waals surface area contributed by atoms with Crippen molar-refractivity contribution in [3.63, 3.8) is 0 Å². The molecule has 4 aromatic rings. The Labute approximate surface area is 302 Å². The van der Waals surface area contributed by atoms with Gasteiger partial charge in [-0.15, -0.1) is 0 Å². The van der Waals surface area contributed by atoms with E-state index < -0.39 is 22.8 Å². The van der Waals surface area contributed by atoms with Crippen molar-refractivity contribution in [1.82, 2.24) is 5.32 Å². The van der Waals surface area contributed by atoms with Gasteiger partial charge in [-0.1, -0.05) is 84.9 Å². The number of aromatic hydroxyl groups is 1. The number of hydrogen-bond acceptors (Lipinski definition) is 10. The zero-order valence-corrected chi connectivity index (χ0v) is 29.4. The monoisotopic (exact) mass is 706 g/mol. The number of hydrogen-bond donors (Lipinski definition) is 2. The van der Waals surface area contributed by atoms with Gasteiger partial charge in [-0.3, -0.25) is 10.1 Å². The summed E-state index contributed by atoms with van der Waals surface area (Å²) in [5.74, 6) is -2.34. The quantitative estimate of drug-likeness (QED) is 0.0524. The van der Waals surface area contributed by atoms with Crippen molar-refractivity contribution >= 4 is 17.6 Å². The third-order valence-electron chi connectivity index (χ3n) is 8.82. The lowest BCUT2D eigenvalue weighted by molar-refractivity contribution is -0.384. The largest absolute Gasteiger partial charge is 0.508 e. The lowest BCUT2D eigenvalue weighted by atomic mass is 9.80. The number of carbonyl (C=O) groups excluding carboxylic acids is 2. The molecule has 11 nitrogen and oxygen atoms in total. The number of carbonyl (C=O) groups is 2. The van der Waals surface area contributed by atoms with Crippen LogP contribution in [0.3, 0.4) is 0 Å². The zero-order chi connectivity index (χ0) is 37.0. The Hall–Kier alpha value is -5.78. The van der Waals surface area contributed by atoms with E-state index in [2.05, 4.69) is 5.32 Å². The Kier molecular flexibility index (Phi) is 12.9. The highest BCUT2D eigenvalue weighted by Crippen LogP contribution is 2.40. The van der Waals surface area contributed by atoms with Crippen LogP contribution in [0, 0.1) is 10.1 Å². The van der Waals surface area contributed by atoms with Gasteiger partial charge < -0.3 is 29.4 Å². The minimum atomic E-state index is -0.974. The van der Waals surface area contributed by atoms with Crippen molar-refractivity contribution in [2.24, 2.45) is 0 Å². The molecule has 2 atom stereocenters. The zero-order valence-electron chi connectivity index (χ0n) is 29.4. The molecule has 1 aliphatic heterocycles. The van der Waals surface area contributed by atoms with Gasteiger partial charge >= 0.3 is 11.9 Å². The third kappa shape index (κ3) is 9.51. The predicted molar refractivity (Wildman–Crippen MR) is 194 cm³/mol. The molecule has 0 aromatic heterocycles. The summed E-state index contributed by atoms with van der Waals surface area (Å²) in [5.41, 5.74) is 4.78. The molecule has 0 spiro atoms. The number of rotatable bonds is 16. The van der Waals surface area contributed by atoms with Gasteiger partial charge in [0.2, 0.25) is 0 Å². The molecule has 0 aliphatic carbocycles. The molecule has 0 radical (unpaired) electrons. The van der Waals surface area contributed by atoms with E-state index >= 15 is 0 Å². The second kappa shape index (κ2) is 17.9. The summed E-state index contributed by atoms with van der Waals surface area (Å²) in [6.07, 6.45) is 0.410. The fourth-order valence-corrected chi connectivity index (χ4v) is 6.19. The summed E-state index contributed by atoms with van der Waals surface area (Å²) in [5, 5.41) is 25.7. The number of phenolic OH excluding ortho intramolecular Hbond substituents is 1. The smallest absolute Gasteiger partial charge is 0.336 e. The highest BCUT2D eigenvalue weighted by atomic mass is 16.6. The molecule has 0 bridgehead atoms. The maximum atomic E-state index is 13.7. The van der Waals surface area contributed by atoms with Crippen LogP contribution in [0.1, 0.15) is 60.1 Å². The van der Waals surface area contributed by atoms with E-state index in [1.165, 1.54) is 25.3 Å². The Morgan fingerprint density at radius 2 is 1.48 bits per heavy atom. The van der Waals surface area contributed by atoms with Gasteiger partial charge in [-0.05, 0) is 47.7 Å². The van der Waals surface area contributed by atoms with Gasteiger partial charge in [0.05, 0.1) is 55.0 Å². The molecule has 4 aromatic carbocycles. The van der Waals surface area contributed by atoms with Crippen molar-refractivity contribution in [2.75, 3.05) is 20.3 Å². The molecule has 270 valence electrons. The van der Waals surface area contributed by atoms with Crippen LogP contribution < -0.4 is 5.32 Å². The number of non-ortho nitro benzene ring substituents is 1. The summed E-state index contributed by atoms with van der Waals surface area (Å²) in [6.45, 7) is 4.57. The molecule has 52 heavy (non-hydrogen) atoms. The SMILES string of the molecule is COC(=O)C1=C(C)NC(C)=C(C(=O)OCCc2ccc(C(CCOCc3ccccc3)OCc3ccccc3)cc2O)C1c1cccc([N+](=O)[O-])c1. The molecule has 0 fully saturated rings. The third-order valence-corrected chi connectivity index (χ3v) is 8.82. The Morgan fingerprint density at radius 1 is 0.827 bits per heavy atom. The van der Waals surface area contributed by atoms with Crippen molar-refractivity contribution in [1.29, 1.82) is 0 Å². The van der Waals surface area contributed by atoms with E-state index in [0.717, 1.165) is 16.7 Å². The van der Waals surface area contributed by atoms with E-state index in [9.17, 15) is 24.8 Å². The molecule has 0 amide bonds. The van der Waals surface area contributed by atoms with Crippen molar-refractivity contribution in [2.45, 2.75) is 51.9 Å². The lowest BCUT2D eigenvalue weighted by Gasteiger charge is -2.30. The standard InChI is InChI=1S/C41H42N2O9/c1-27-37(40(45)49-3)39(33-15-10-16-34(23-33)43(47)48)38(28(2)42-27)41(46)51-22-19-31-17-18-32(24-35(31)44)36(52-26-30-13-8-5-9-14-30)20-21-50-25-29-11-6-4-7-12-29/h4-18,23-24,36,39,42,44H,19-22,25-26H2,1-3H3. The molecular weight excluding hydrogens is 664 g/mol. The molecule has 0 saturated heterocycles. The molecule has 1 aliphatic rings. The van der Waals surface area contributed by atoms with Crippen LogP contribution in [-0.2, 0) is 48.2 Å². The van der Waals surface area contributed by atoms with Crippen LogP contribution in [0.4, 0.5) is 5.69 Å². The number of dihydropyridines is 1. The van der Waals surface area contributed by atoms with Gasteiger partial charge in [0.25, 0.3) is 5.69 Å². The normalized spacial score (nSPS) is 14.8. The van der Waals surface area contributed by atoms with E-state index in [-0.39, 0.29) is 41.7 Å². The topological polar surface area (TPSA) is 146 Å². The first-order valence-corrected chi connectivity index (χ1v) is 16.9. The highest BCUT2D eigenvalue weighted by molar-refractivity contribution is 5.99. The van der Waals surface area contributed by atoms with E-state index in [1.807, 2.05) is 66.7 Å². The fraction of sp³-hybridized carbons (Fsp3) is 0.268. The summed E-state index contributed by atoms with van der Waals surface area (Å²) in [7, 11) is 1.23. The van der Waals surface area contributed by atoms with Crippen LogP contribution in [0.15, 0.2) is 126 Å². The molecule has 0 saturated carbocycles. The molecule has 1 heterocycles. The van der Waals surface area contributed by atoms with E-state index in [1.54, 1.807) is 32.0 Å². The Morgan fingerprint density at radius 3 is 2.12 bits per heavy atom. The van der Waals surface area contributed by atoms with Gasteiger partial charge in [-0.25, -0.2) is 9.59 Å². The minimum Gasteiger partial charge on any atom is -0.508 e. The second-order valence-electron chi connectivity index (χ2n) is 12.4. The predicted octanol–water partition coefficient (Wildman–Crippen LogP) is 7.36. The summed E-state index contributed by atoms with van der Waals surface area (Å²) in [6, 6.07) is 30.9. The summed E-state index contributed by atoms with van der Waals surface area (Å²) in [4.78, 5) is 37.6. The molecule has 2 N–H and O–H groups in total. The number of methoxy groups -OCH3 is 1. The van der Waals surface area contributed by atoms with Gasteiger partial charge in [-0.2, -0.15) is 0 Å². The molecule has 5 rings (SSSR count). The minimum absolute atomic E-state index is 0.0304. The van der Waals surface area contributed by atoms with Crippen molar-refractivity contribution in [3.05, 3.63) is 164 Å². The highest BCUT2D eigenvalue weighted by Gasteiger charge is 2.38. The first kappa shape index (κ1) is 37.5. The number of allylic oxidation sites excluding steroid dienone is 2. The number of esters is 2. The number of nitrogens with zero attached hydrogens (tertiary/aromatic N) is 1. The van der Waals surface area contributed by atoms with Crippen LogP contribution in [0.5, 0.6) is 5.75 Å². The van der Waals surface area contributed by atoms with Gasteiger partial charge in [0.15, 0.2) is 0 Å². The van der Waals surface area contributed by atoms with Crippen LogP contribution in [0.2, 0.25) is 0 Å². The number of benzene rings is 4. The number of ether oxygens (including phenoxy) is 4. The van der Waals surface area contributed by atoms with E-state index in [0.29, 0.717) is 48.8 Å². The first-order valence-electron chi connectivity index (χ1n) is 16.9. The number of nitro benzene ring substituents is 1.